The van der Waals surface area contributed by atoms with Gasteiger partial charge in [0.15, 0.2) is 0 Å². The predicted octanol–water partition coefficient (Wildman–Crippen LogP) is 1.97. The number of sulfonamides is 1. The van der Waals surface area contributed by atoms with E-state index in [1.165, 1.54) is 9.21 Å². The first-order chi connectivity index (χ1) is 9.21. The van der Waals surface area contributed by atoms with Gasteiger partial charge in [-0.2, -0.15) is 0 Å². The van der Waals surface area contributed by atoms with Crippen LogP contribution in [-0.4, -0.2) is 46.1 Å². The fourth-order valence-corrected chi connectivity index (χ4v) is 2.86. The molecule has 0 N–H and O–H groups in total. The van der Waals surface area contributed by atoms with Gasteiger partial charge in [-0.25, -0.2) is 8.42 Å². The summed E-state index contributed by atoms with van der Waals surface area (Å²) >= 11 is 5.88. The molecule has 7 heteroatoms. The van der Waals surface area contributed by atoms with Crippen LogP contribution in [0.4, 0.5) is 5.69 Å². The topological polar surface area (TPSA) is 57.7 Å². The van der Waals surface area contributed by atoms with Gasteiger partial charge in [0.25, 0.3) is 0 Å². The molecule has 0 aliphatic heterocycles. The van der Waals surface area contributed by atoms with Crippen molar-refractivity contribution in [3.05, 3.63) is 29.3 Å². The summed E-state index contributed by atoms with van der Waals surface area (Å²) in [5, 5.41) is 0.473. The first-order valence-electron chi connectivity index (χ1n) is 6.15. The molecule has 0 aromatic heterocycles. The summed E-state index contributed by atoms with van der Waals surface area (Å²) in [7, 11) is -0.0546. The van der Waals surface area contributed by atoms with E-state index in [0.29, 0.717) is 23.6 Å². The van der Waals surface area contributed by atoms with Gasteiger partial charge < -0.3 is 4.90 Å². The molecule has 0 saturated heterocycles. The average Bonchev–Trinajstić information content (AvgIpc) is 2.32. The summed E-state index contributed by atoms with van der Waals surface area (Å²) in [6.45, 7) is 0.249. The molecule has 1 amide bonds. The summed E-state index contributed by atoms with van der Waals surface area (Å²) in [6, 6.07) is 6.65. The molecule has 5 nitrogen and oxygen atoms in total. The minimum atomic E-state index is -3.40. The SMILES string of the molecule is CN(C)C(=O)CCCN(c1cccc(Cl)c1)S(C)(=O)=O. The van der Waals surface area contributed by atoms with Crippen molar-refractivity contribution in [1.29, 1.82) is 0 Å². The second-order valence-electron chi connectivity index (χ2n) is 4.71. The lowest BCUT2D eigenvalue weighted by molar-refractivity contribution is -0.128. The molecule has 0 bridgehead atoms. The number of amides is 1. The van der Waals surface area contributed by atoms with E-state index in [2.05, 4.69) is 0 Å². The third-order valence-electron chi connectivity index (χ3n) is 2.75. The average molecular weight is 319 g/mol. The predicted molar refractivity (Wildman–Crippen MR) is 81.6 cm³/mol. The molecule has 0 atom stereocenters. The highest BCUT2D eigenvalue weighted by atomic mass is 35.5. The third kappa shape index (κ3) is 5.02. The van der Waals surface area contributed by atoms with Crippen LogP contribution in [0, 0.1) is 0 Å². The van der Waals surface area contributed by atoms with Crippen LogP contribution in [0.25, 0.3) is 0 Å². The van der Waals surface area contributed by atoms with Gasteiger partial charge in [-0.05, 0) is 24.6 Å². The maximum atomic E-state index is 11.8. The van der Waals surface area contributed by atoms with Crippen LogP contribution in [0.1, 0.15) is 12.8 Å². The number of hydrogen-bond donors (Lipinski definition) is 0. The molecule has 1 rings (SSSR count). The van der Waals surface area contributed by atoms with Gasteiger partial charge in [0, 0.05) is 32.1 Å². The van der Waals surface area contributed by atoms with Crippen LogP contribution in [0.3, 0.4) is 0 Å². The maximum absolute atomic E-state index is 11.8. The summed E-state index contributed by atoms with van der Waals surface area (Å²) in [4.78, 5) is 13.0. The quantitative estimate of drug-likeness (QED) is 0.806. The summed E-state index contributed by atoms with van der Waals surface area (Å²) < 4.78 is 24.9. The standard InChI is InChI=1S/C13H19ClN2O3S/c1-15(2)13(17)8-5-9-16(20(3,18)19)12-7-4-6-11(14)10-12/h4,6-7,10H,5,8-9H2,1-3H3. The Kier molecular flexibility index (Phi) is 5.83. The van der Waals surface area contributed by atoms with Crippen molar-refractivity contribution in [2.45, 2.75) is 12.8 Å². The number of benzene rings is 1. The molecule has 1 aromatic carbocycles. The van der Waals surface area contributed by atoms with E-state index in [1.54, 1.807) is 38.4 Å². The van der Waals surface area contributed by atoms with E-state index in [9.17, 15) is 13.2 Å². The van der Waals surface area contributed by atoms with E-state index < -0.39 is 10.0 Å². The number of anilines is 1. The van der Waals surface area contributed by atoms with Gasteiger partial charge in [-0.15, -0.1) is 0 Å². The van der Waals surface area contributed by atoms with Gasteiger partial charge in [-0.3, -0.25) is 9.10 Å². The van der Waals surface area contributed by atoms with Crippen molar-refractivity contribution in [3.8, 4) is 0 Å². The molecule has 0 aliphatic rings. The molecule has 112 valence electrons. The Bertz CT molecular complexity index is 573. The first kappa shape index (κ1) is 16.8. The second-order valence-corrected chi connectivity index (χ2v) is 7.05. The fourth-order valence-electron chi connectivity index (χ4n) is 1.72. The Hall–Kier alpha value is -1.27. The minimum Gasteiger partial charge on any atom is -0.349 e. The smallest absolute Gasteiger partial charge is 0.232 e. The van der Waals surface area contributed by atoms with Crippen molar-refractivity contribution < 1.29 is 13.2 Å². The van der Waals surface area contributed by atoms with Crippen molar-refractivity contribution in [3.63, 3.8) is 0 Å². The van der Waals surface area contributed by atoms with Crippen LogP contribution in [0.15, 0.2) is 24.3 Å². The summed E-state index contributed by atoms with van der Waals surface area (Å²) in [5.41, 5.74) is 0.511. The molecule has 20 heavy (non-hydrogen) atoms. The zero-order valence-electron chi connectivity index (χ0n) is 11.8. The molecule has 0 spiro atoms. The van der Waals surface area contributed by atoms with Gasteiger partial charge in [-0.1, -0.05) is 17.7 Å². The van der Waals surface area contributed by atoms with E-state index in [-0.39, 0.29) is 12.5 Å². The van der Waals surface area contributed by atoms with Crippen LogP contribution in [0.5, 0.6) is 0 Å². The van der Waals surface area contributed by atoms with Crippen molar-refractivity contribution in [1.82, 2.24) is 4.90 Å². The molecule has 0 heterocycles. The number of hydrogen-bond acceptors (Lipinski definition) is 3. The molecular formula is C13H19ClN2O3S. The van der Waals surface area contributed by atoms with Crippen LogP contribution >= 0.6 is 11.6 Å². The van der Waals surface area contributed by atoms with E-state index >= 15 is 0 Å². The second kappa shape index (κ2) is 6.95. The van der Waals surface area contributed by atoms with Crippen LogP contribution in [-0.2, 0) is 14.8 Å². The van der Waals surface area contributed by atoms with Gasteiger partial charge in [0.05, 0.1) is 11.9 Å². The van der Waals surface area contributed by atoms with Crippen molar-refractivity contribution in [2.24, 2.45) is 0 Å². The highest BCUT2D eigenvalue weighted by Gasteiger charge is 2.18. The van der Waals surface area contributed by atoms with E-state index in [4.69, 9.17) is 11.6 Å². The minimum absolute atomic E-state index is 0.0236. The van der Waals surface area contributed by atoms with Crippen LogP contribution in [0.2, 0.25) is 5.02 Å². The monoisotopic (exact) mass is 318 g/mol. The number of halogens is 1. The lowest BCUT2D eigenvalue weighted by atomic mass is 10.2. The number of rotatable bonds is 6. The third-order valence-corrected chi connectivity index (χ3v) is 4.18. The zero-order valence-corrected chi connectivity index (χ0v) is 13.4. The largest absolute Gasteiger partial charge is 0.349 e. The Morgan fingerprint density at radius 3 is 2.45 bits per heavy atom. The molecule has 1 aromatic rings. The number of carbonyl (C=O) groups is 1. The van der Waals surface area contributed by atoms with E-state index in [1.807, 2.05) is 0 Å². The molecule has 0 saturated carbocycles. The lowest BCUT2D eigenvalue weighted by Gasteiger charge is -2.22. The van der Waals surface area contributed by atoms with Crippen molar-refractivity contribution in [2.75, 3.05) is 31.2 Å². The molecule has 0 aliphatic carbocycles. The van der Waals surface area contributed by atoms with Gasteiger partial charge in [0.1, 0.15) is 0 Å². The van der Waals surface area contributed by atoms with Gasteiger partial charge >= 0.3 is 0 Å². The Morgan fingerprint density at radius 2 is 1.95 bits per heavy atom. The number of nitrogens with zero attached hydrogens (tertiary/aromatic N) is 2. The van der Waals surface area contributed by atoms with Crippen LogP contribution < -0.4 is 4.31 Å². The van der Waals surface area contributed by atoms with Gasteiger partial charge in [0.2, 0.25) is 15.9 Å². The van der Waals surface area contributed by atoms with E-state index in [0.717, 1.165) is 6.26 Å². The number of carbonyl (C=O) groups excluding carboxylic acids is 1. The molecule has 0 fully saturated rings. The molecular weight excluding hydrogens is 300 g/mol. The fraction of sp³-hybridized carbons (Fsp3) is 0.462. The zero-order chi connectivity index (χ0) is 15.3. The lowest BCUT2D eigenvalue weighted by Crippen LogP contribution is -2.32. The maximum Gasteiger partial charge on any atom is 0.232 e. The Balaban J connectivity index is 2.80. The first-order valence-corrected chi connectivity index (χ1v) is 8.38. The Morgan fingerprint density at radius 1 is 1.30 bits per heavy atom. The summed E-state index contributed by atoms with van der Waals surface area (Å²) in [6.07, 6.45) is 1.90. The molecule has 0 unspecified atom stereocenters. The van der Waals surface area contributed by atoms with Crippen molar-refractivity contribution >= 4 is 33.2 Å². The molecule has 0 radical (unpaired) electrons. The highest BCUT2D eigenvalue weighted by Crippen LogP contribution is 2.22. The highest BCUT2D eigenvalue weighted by molar-refractivity contribution is 7.92. The normalized spacial score (nSPS) is 11.2. The Labute approximate surface area is 125 Å². The summed E-state index contributed by atoms with van der Waals surface area (Å²) in [5.74, 6) is -0.0236.